The van der Waals surface area contributed by atoms with Crippen LogP contribution in [0.4, 0.5) is 0 Å². The normalized spacial score (nSPS) is 11.0. The third kappa shape index (κ3) is 6.03. The average Bonchev–Trinajstić information content (AvgIpc) is 2.47. The topological polar surface area (TPSA) is 87.4 Å². The van der Waals surface area contributed by atoms with Crippen molar-refractivity contribution in [3.8, 4) is 5.75 Å². The summed E-state index contributed by atoms with van der Waals surface area (Å²) >= 11 is 0. The highest BCUT2D eigenvalue weighted by Gasteiger charge is 2.11. The lowest BCUT2D eigenvalue weighted by Gasteiger charge is -2.13. The molecule has 0 aromatic heterocycles. The van der Waals surface area contributed by atoms with Crippen molar-refractivity contribution in [2.75, 3.05) is 26.2 Å². The fourth-order valence-corrected chi connectivity index (χ4v) is 2.33. The standard InChI is InChI=1S/C17H29N3O2/c1-12(2)15-11-14(10-13(3)17(15)22)4-5-16(21)20-9-8-19-7-6-18/h10-12,19,22H,4-9,18H2,1-3H3,(H,20,21). The minimum atomic E-state index is 0.0476. The second kappa shape index (κ2) is 9.43. The van der Waals surface area contributed by atoms with E-state index in [4.69, 9.17) is 5.73 Å². The highest BCUT2D eigenvalue weighted by Crippen LogP contribution is 2.30. The number of aromatic hydroxyl groups is 1. The van der Waals surface area contributed by atoms with Crippen molar-refractivity contribution in [3.05, 3.63) is 28.8 Å². The smallest absolute Gasteiger partial charge is 0.220 e. The molecule has 5 N–H and O–H groups in total. The van der Waals surface area contributed by atoms with E-state index >= 15 is 0 Å². The molecule has 0 aliphatic heterocycles. The number of carbonyl (C=O) groups is 1. The fraction of sp³-hybridized carbons (Fsp3) is 0.588. The molecule has 0 unspecified atom stereocenters. The molecule has 0 saturated carbocycles. The minimum Gasteiger partial charge on any atom is -0.507 e. The molecule has 0 spiro atoms. The van der Waals surface area contributed by atoms with Gasteiger partial charge in [0.1, 0.15) is 5.75 Å². The van der Waals surface area contributed by atoms with Crippen molar-refractivity contribution < 1.29 is 9.90 Å². The van der Waals surface area contributed by atoms with Gasteiger partial charge in [0.15, 0.2) is 0 Å². The van der Waals surface area contributed by atoms with E-state index in [9.17, 15) is 9.90 Å². The number of carbonyl (C=O) groups excluding carboxylic acids is 1. The first-order chi connectivity index (χ1) is 10.5. The molecule has 5 nitrogen and oxygen atoms in total. The van der Waals surface area contributed by atoms with E-state index in [1.54, 1.807) is 0 Å². The molecular formula is C17H29N3O2. The predicted octanol–water partition coefficient (Wildman–Crippen LogP) is 1.42. The summed E-state index contributed by atoms with van der Waals surface area (Å²) in [6.45, 7) is 8.73. The van der Waals surface area contributed by atoms with Gasteiger partial charge in [0.05, 0.1) is 0 Å². The molecule has 1 rings (SSSR count). The summed E-state index contributed by atoms with van der Waals surface area (Å²) in [5, 5.41) is 16.1. The number of aryl methyl sites for hydroxylation is 2. The van der Waals surface area contributed by atoms with Crippen LogP contribution in [0.1, 0.15) is 42.9 Å². The van der Waals surface area contributed by atoms with Crippen molar-refractivity contribution in [1.82, 2.24) is 10.6 Å². The number of amides is 1. The Morgan fingerprint density at radius 3 is 2.64 bits per heavy atom. The van der Waals surface area contributed by atoms with Crippen LogP contribution in [-0.2, 0) is 11.2 Å². The number of hydrogen-bond donors (Lipinski definition) is 4. The van der Waals surface area contributed by atoms with Gasteiger partial charge in [0.25, 0.3) is 0 Å². The largest absolute Gasteiger partial charge is 0.507 e. The van der Waals surface area contributed by atoms with Gasteiger partial charge in [0.2, 0.25) is 5.91 Å². The monoisotopic (exact) mass is 307 g/mol. The number of phenolic OH excluding ortho intramolecular Hbond substituents is 1. The molecule has 0 atom stereocenters. The van der Waals surface area contributed by atoms with Gasteiger partial charge in [0, 0.05) is 32.6 Å². The van der Waals surface area contributed by atoms with Gasteiger partial charge in [-0.25, -0.2) is 0 Å². The van der Waals surface area contributed by atoms with Crippen LogP contribution < -0.4 is 16.4 Å². The van der Waals surface area contributed by atoms with Crippen LogP contribution in [-0.4, -0.2) is 37.2 Å². The van der Waals surface area contributed by atoms with Gasteiger partial charge in [-0.15, -0.1) is 0 Å². The Balaban J connectivity index is 2.46. The van der Waals surface area contributed by atoms with Gasteiger partial charge in [-0.3, -0.25) is 4.79 Å². The zero-order valence-corrected chi connectivity index (χ0v) is 13.9. The maximum Gasteiger partial charge on any atom is 0.220 e. The quantitative estimate of drug-likeness (QED) is 0.520. The van der Waals surface area contributed by atoms with Crippen LogP contribution in [0.3, 0.4) is 0 Å². The molecule has 0 fully saturated rings. The minimum absolute atomic E-state index is 0.0476. The Morgan fingerprint density at radius 1 is 1.27 bits per heavy atom. The number of nitrogens with two attached hydrogens (primary N) is 1. The molecule has 0 heterocycles. The highest BCUT2D eigenvalue weighted by atomic mass is 16.3. The number of phenols is 1. The summed E-state index contributed by atoms with van der Waals surface area (Å²) < 4.78 is 0. The Kier molecular flexibility index (Phi) is 7.91. The molecule has 1 aromatic carbocycles. The van der Waals surface area contributed by atoms with Crippen LogP contribution in [0.5, 0.6) is 5.75 Å². The van der Waals surface area contributed by atoms with Crippen molar-refractivity contribution in [2.24, 2.45) is 5.73 Å². The van der Waals surface area contributed by atoms with E-state index in [-0.39, 0.29) is 11.8 Å². The molecule has 0 bridgehead atoms. The summed E-state index contributed by atoms with van der Waals surface area (Å²) in [6, 6.07) is 3.96. The molecule has 1 amide bonds. The summed E-state index contributed by atoms with van der Waals surface area (Å²) in [7, 11) is 0. The van der Waals surface area contributed by atoms with Gasteiger partial charge in [-0.1, -0.05) is 26.0 Å². The average molecular weight is 307 g/mol. The van der Waals surface area contributed by atoms with E-state index in [1.807, 2.05) is 19.1 Å². The van der Waals surface area contributed by atoms with Crippen LogP contribution in [0.15, 0.2) is 12.1 Å². The fourth-order valence-electron chi connectivity index (χ4n) is 2.33. The number of rotatable bonds is 9. The second-order valence-corrected chi connectivity index (χ2v) is 5.89. The first-order valence-electron chi connectivity index (χ1n) is 7.95. The number of benzene rings is 1. The van der Waals surface area contributed by atoms with Crippen LogP contribution in [0, 0.1) is 6.92 Å². The van der Waals surface area contributed by atoms with E-state index in [1.165, 1.54) is 0 Å². The predicted molar refractivity (Wildman–Crippen MR) is 90.2 cm³/mol. The van der Waals surface area contributed by atoms with Gasteiger partial charge < -0.3 is 21.5 Å². The van der Waals surface area contributed by atoms with Crippen molar-refractivity contribution >= 4 is 5.91 Å². The molecule has 0 saturated heterocycles. The van der Waals surface area contributed by atoms with Crippen LogP contribution in [0.25, 0.3) is 0 Å². The Morgan fingerprint density at radius 2 is 2.00 bits per heavy atom. The lowest BCUT2D eigenvalue weighted by molar-refractivity contribution is -0.121. The molecule has 0 radical (unpaired) electrons. The van der Waals surface area contributed by atoms with E-state index in [2.05, 4.69) is 24.5 Å². The van der Waals surface area contributed by atoms with E-state index in [0.717, 1.165) is 29.8 Å². The Bertz CT molecular complexity index is 487. The summed E-state index contributed by atoms with van der Waals surface area (Å²) in [6.07, 6.45) is 1.14. The first-order valence-corrected chi connectivity index (χ1v) is 7.95. The third-order valence-corrected chi connectivity index (χ3v) is 3.60. The lowest BCUT2D eigenvalue weighted by atomic mass is 9.95. The zero-order valence-electron chi connectivity index (χ0n) is 13.9. The zero-order chi connectivity index (χ0) is 16.5. The summed E-state index contributed by atoms with van der Waals surface area (Å²) in [4.78, 5) is 11.8. The maximum atomic E-state index is 11.8. The Hall–Kier alpha value is -1.59. The number of nitrogens with one attached hydrogen (secondary N) is 2. The summed E-state index contributed by atoms with van der Waals surface area (Å²) in [5.74, 6) is 0.682. The highest BCUT2D eigenvalue weighted by molar-refractivity contribution is 5.76. The van der Waals surface area contributed by atoms with E-state index < -0.39 is 0 Å². The van der Waals surface area contributed by atoms with Crippen molar-refractivity contribution in [2.45, 2.75) is 39.5 Å². The van der Waals surface area contributed by atoms with Crippen LogP contribution >= 0.6 is 0 Å². The Labute approximate surface area is 133 Å². The molecule has 22 heavy (non-hydrogen) atoms. The SMILES string of the molecule is Cc1cc(CCC(=O)NCCNCCN)cc(C(C)C)c1O. The van der Waals surface area contributed by atoms with Crippen molar-refractivity contribution in [3.63, 3.8) is 0 Å². The van der Waals surface area contributed by atoms with Crippen molar-refractivity contribution in [1.29, 1.82) is 0 Å². The van der Waals surface area contributed by atoms with Crippen LogP contribution in [0.2, 0.25) is 0 Å². The number of hydrogen-bond acceptors (Lipinski definition) is 4. The third-order valence-electron chi connectivity index (χ3n) is 3.60. The summed E-state index contributed by atoms with van der Waals surface area (Å²) in [5.41, 5.74) is 8.28. The molecule has 124 valence electrons. The molecule has 0 aliphatic carbocycles. The molecular weight excluding hydrogens is 278 g/mol. The maximum absolute atomic E-state index is 11.8. The second-order valence-electron chi connectivity index (χ2n) is 5.89. The van der Waals surface area contributed by atoms with Gasteiger partial charge >= 0.3 is 0 Å². The van der Waals surface area contributed by atoms with Gasteiger partial charge in [-0.05, 0) is 36.0 Å². The first kappa shape index (κ1) is 18.5. The molecule has 5 heteroatoms. The lowest BCUT2D eigenvalue weighted by Crippen LogP contribution is -2.33. The molecule has 1 aromatic rings. The molecule has 0 aliphatic rings. The van der Waals surface area contributed by atoms with E-state index in [0.29, 0.717) is 31.7 Å². The van der Waals surface area contributed by atoms with Gasteiger partial charge in [-0.2, -0.15) is 0 Å².